The highest BCUT2D eigenvalue weighted by Gasteiger charge is 2.34. The molecule has 2 N–H and O–H groups in total. The molecule has 0 saturated carbocycles. The lowest BCUT2D eigenvalue weighted by atomic mass is 10.1. The van der Waals surface area contributed by atoms with Gasteiger partial charge in [-0.3, -0.25) is 14.3 Å². The summed E-state index contributed by atoms with van der Waals surface area (Å²) in [5.41, 5.74) is -0.790. The molecule has 3 atom stereocenters. The highest BCUT2D eigenvalue weighted by atomic mass is 79.9. The zero-order valence-corrected chi connectivity index (χ0v) is 11.5. The first-order valence-corrected chi connectivity index (χ1v) is 6.62. The van der Waals surface area contributed by atoms with Crippen LogP contribution in [0.3, 0.4) is 0 Å². The molecule has 2 radical (unpaired) electrons. The Morgan fingerprint density at radius 1 is 1.63 bits per heavy atom. The molecule has 8 heteroatoms. The summed E-state index contributed by atoms with van der Waals surface area (Å²) < 4.78 is 6.84. The zero-order valence-electron chi connectivity index (χ0n) is 9.95. The van der Waals surface area contributed by atoms with Gasteiger partial charge in [0.15, 0.2) is 0 Å². The quantitative estimate of drug-likeness (QED) is 0.591. The fraction of sp³-hybridized carbons (Fsp3) is 0.455. The van der Waals surface area contributed by atoms with E-state index < -0.39 is 17.5 Å². The van der Waals surface area contributed by atoms with E-state index in [2.05, 4.69) is 20.9 Å². The summed E-state index contributed by atoms with van der Waals surface area (Å²) in [6.07, 6.45) is 2.41. The molecule has 1 fully saturated rings. The van der Waals surface area contributed by atoms with E-state index in [1.54, 1.807) is 0 Å². The number of halogens is 1. The van der Waals surface area contributed by atoms with Crippen molar-refractivity contribution >= 4 is 29.9 Å². The molecular weight excluding hydrogens is 315 g/mol. The first-order valence-electron chi connectivity index (χ1n) is 5.71. The number of ether oxygens (including phenoxy) is 1. The van der Waals surface area contributed by atoms with Crippen LogP contribution in [0, 0.1) is 0 Å². The van der Waals surface area contributed by atoms with Crippen LogP contribution in [-0.2, 0) is 4.74 Å². The van der Waals surface area contributed by atoms with Crippen LogP contribution in [0.4, 0.5) is 0 Å². The lowest BCUT2D eigenvalue weighted by Gasteiger charge is -2.14. The smallest absolute Gasteiger partial charge is 0.330 e. The largest absolute Gasteiger partial charge is 0.394 e. The van der Waals surface area contributed by atoms with Gasteiger partial charge < -0.3 is 9.84 Å². The van der Waals surface area contributed by atoms with Crippen molar-refractivity contribution in [1.82, 2.24) is 9.55 Å². The number of aromatic amines is 1. The molecule has 0 bridgehead atoms. The number of aromatic nitrogens is 2. The number of nitrogens with one attached hydrogen (secondary N) is 1. The van der Waals surface area contributed by atoms with Crippen LogP contribution >= 0.6 is 15.9 Å². The standard InChI is InChI=1S/C11H12BBrN2O4/c12-2-1-6-4-15(11(18)14-10(6)17)9-3-7(13)8(5-16)19-9/h1-2,4,7-9,16H,3,5H2,(H,14,17,18)/b2-1+. The summed E-state index contributed by atoms with van der Waals surface area (Å²) in [4.78, 5) is 25.5. The number of rotatable bonds is 3. The van der Waals surface area contributed by atoms with Crippen molar-refractivity contribution in [3.63, 3.8) is 0 Å². The topological polar surface area (TPSA) is 84.3 Å². The van der Waals surface area contributed by atoms with Crippen molar-refractivity contribution in [2.24, 2.45) is 0 Å². The third kappa shape index (κ3) is 2.91. The molecule has 0 spiro atoms. The number of H-pyrrole nitrogens is 1. The highest BCUT2D eigenvalue weighted by Crippen LogP contribution is 2.32. The van der Waals surface area contributed by atoms with E-state index in [1.165, 1.54) is 22.8 Å². The van der Waals surface area contributed by atoms with Crippen molar-refractivity contribution < 1.29 is 9.84 Å². The molecule has 3 unspecified atom stereocenters. The van der Waals surface area contributed by atoms with E-state index >= 15 is 0 Å². The van der Waals surface area contributed by atoms with Crippen LogP contribution in [0.5, 0.6) is 0 Å². The zero-order chi connectivity index (χ0) is 14.0. The van der Waals surface area contributed by atoms with Gasteiger partial charge in [0, 0.05) is 17.4 Å². The number of nitrogens with zero attached hydrogens (tertiary/aromatic N) is 1. The van der Waals surface area contributed by atoms with Gasteiger partial charge in [0.2, 0.25) is 0 Å². The summed E-state index contributed by atoms with van der Waals surface area (Å²) in [7, 11) is 5.24. The Balaban J connectivity index is 2.38. The molecule has 6 nitrogen and oxygen atoms in total. The van der Waals surface area contributed by atoms with Crippen LogP contribution in [0.25, 0.3) is 6.08 Å². The molecule has 1 aliphatic heterocycles. The normalized spacial score (nSPS) is 27.2. The number of alkyl halides is 1. The molecule has 0 amide bonds. The van der Waals surface area contributed by atoms with E-state index in [9.17, 15) is 9.59 Å². The van der Waals surface area contributed by atoms with E-state index in [4.69, 9.17) is 17.7 Å². The van der Waals surface area contributed by atoms with Crippen molar-refractivity contribution in [3.8, 4) is 0 Å². The molecule has 2 rings (SSSR count). The van der Waals surface area contributed by atoms with Gasteiger partial charge in [-0.2, -0.15) is 0 Å². The van der Waals surface area contributed by atoms with Gasteiger partial charge in [-0.05, 0) is 0 Å². The molecule has 0 aliphatic carbocycles. The number of hydrogen-bond donors (Lipinski definition) is 2. The lowest BCUT2D eigenvalue weighted by molar-refractivity contribution is -0.0235. The SMILES string of the molecule is [B]/C=C/c1cn(C2CC(Br)C(CO)O2)c(=O)[nH]c1=O. The van der Waals surface area contributed by atoms with Gasteiger partial charge >= 0.3 is 5.69 Å². The molecule has 100 valence electrons. The minimum atomic E-state index is -0.553. The van der Waals surface area contributed by atoms with Gasteiger partial charge in [-0.25, -0.2) is 4.79 Å². The van der Waals surface area contributed by atoms with Crippen molar-refractivity contribution in [2.45, 2.75) is 23.6 Å². The second-order valence-corrected chi connectivity index (χ2v) is 5.35. The second-order valence-electron chi connectivity index (χ2n) is 4.17. The highest BCUT2D eigenvalue weighted by molar-refractivity contribution is 9.09. The summed E-state index contributed by atoms with van der Waals surface area (Å²) in [5.74, 6) is 1.22. The van der Waals surface area contributed by atoms with E-state index in [0.29, 0.717) is 6.42 Å². The van der Waals surface area contributed by atoms with Crippen molar-refractivity contribution in [3.05, 3.63) is 38.6 Å². The molecule has 1 saturated heterocycles. The molecule has 2 heterocycles. The summed E-state index contributed by atoms with van der Waals surface area (Å²) >= 11 is 3.38. The Bertz CT molecular complexity index is 597. The van der Waals surface area contributed by atoms with Crippen LogP contribution in [-0.4, -0.2) is 40.0 Å². The molecule has 1 aromatic rings. The van der Waals surface area contributed by atoms with Crippen LogP contribution in [0.15, 0.2) is 21.8 Å². The lowest BCUT2D eigenvalue weighted by Crippen LogP contribution is -2.33. The predicted octanol–water partition coefficient (Wildman–Crippen LogP) is -0.281. The average Bonchev–Trinajstić information content (AvgIpc) is 2.74. The Hall–Kier alpha value is -1.12. The second kappa shape index (κ2) is 5.89. The summed E-state index contributed by atoms with van der Waals surface area (Å²) in [5, 5.41) is 9.13. The van der Waals surface area contributed by atoms with E-state index in [-0.39, 0.29) is 23.1 Å². The maximum Gasteiger partial charge on any atom is 0.330 e. The number of hydrogen-bond acceptors (Lipinski definition) is 4. The van der Waals surface area contributed by atoms with Crippen LogP contribution in [0.1, 0.15) is 18.2 Å². The number of aliphatic hydroxyl groups is 1. The van der Waals surface area contributed by atoms with Crippen LogP contribution in [0.2, 0.25) is 0 Å². The maximum atomic E-state index is 11.8. The Morgan fingerprint density at radius 3 is 2.95 bits per heavy atom. The molecule has 1 aromatic heterocycles. The first-order chi connectivity index (χ1) is 9.06. The summed E-state index contributed by atoms with van der Waals surface area (Å²) in [6, 6.07) is 0. The Kier molecular flexibility index (Phi) is 4.44. The van der Waals surface area contributed by atoms with E-state index in [0.717, 1.165) is 0 Å². The van der Waals surface area contributed by atoms with Gasteiger partial charge in [-0.1, -0.05) is 22.0 Å². The maximum absolute atomic E-state index is 11.8. The van der Waals surface area contributed by atoms with E-state index in [1.807, 2.05) is 0 Å². The summed E-state index contributed by atoms with van der Waals surface area (Å²) in [6.45, 7) is -0.139. The fourth-order valence-corrected chi connectivity index (χ4v) is 2.57. The molecule has 19 heavy (non-hydrogen) atoms. The third-order valence-corrected chi connectivity index (χ3v) is 3.89. The molecular formula is C11H12BBrN2O4. The average molecular weight is 327 g/mol. The van der Waals surface area contributed by atoms with Gasteiger partial charge in [0.1, 0.15) is 14.1 Å². The van der Waals surface area contributed by atoms with Crippen molar-refractivity contribution in [2.75, 3.05) is 6.61 Å². The van der Waals surface area contributed by atoms with Gasteiger partial charge in [0.25, 0.3) is 5.56 Å². The fourth-order valence-electron chi connectivity index (χ4n) is 1.96. The van der Waals surface area contributed by atoms with Gasteiger partial charge in [0.05, 0.1) is 18.3 Å². The third-order valence-electron chi connectivity index (χ3n) is 2.92. The molecule has 1 aliphatic rings. The van der Waals surface area contributed by atoms with Crippen molar-refractivity contribution in [1.29, 1.82) is 0 Å². The van der Waals surface area contributed by atoms with Crippen LogP contribution < -0.4 is 11.2 Å². The first kappa shape index (κ1) is 14.3. The Labute approximate surface area is 118 Å². The monoisotopic (exact) mass is 326 g/mol. The Morgan fingerprint density at radius 2 is 2.37 bits per heavy atom. The predicted molar refractivity (Wildman–Crippen MR) is 74.4 cm³/mol. The molecule has 0 aromatic carbocycles. The minimum Gasteiger partial charge on any atom is -0.394 e. The minimum absolute atomic E-state index is 0.0465. The number of aliphatic hydroxyl groups excluding tert-OH is 1. The van der Waals surface area contributed by atoms with Gasteiger partial charge in [-0.15, -0.1) is 5.98 Å².